The number of hydrogen-bond donors (Lipinski definition) is 1. The summed E-state index contributed by atoms with van der Waals surface area (Å²) in [4.78, 5) is 8.34. The van der Waals surface area contributed by atoms with Crippen molar-refractivity contribution in [1.82, 2.24) is 9.97 Å². The van der Waals surface area contributed by atoms with Gasteiger partial charge in [0.05, 0.1) is 17.4 Å². The number of benzene rings is 1. The molecule has 3 aromatic rings. The molecule has 3 rings (SSSR count). The molecule has 19 heavy (non-hydrogen) atoms. The number of hydrogen-bond acceptors (Lipinski definition) is 4. The molecule has 1 aromatic carbocycles. The molecule has 0 fully saturated rings. The number of nitrogen functional groups attached to an aromatic ring is 1. The van der Waals surface area contributed by atoms with Crippen LogP contribution in [-0.2, 0) is 0 Å². The Balaban J connectivity index is 2.08. The maximum atomic E-state index is 5.90. The van der Waals surface area contributed by atoms with Gasteiger partial charge in [-0.05, 0) is 40.2 Å². The third-order valence-electron chi connectivity index (χ3n) is 2.67. The Morgan fingerprint density at radius 2 is 2.05 bits per heavy atom. The first kappa shape index (κ1) is 11.9. The number of nitrogens with zero attached hydrogens (tertiary/aromatic N) is 2. The van der Waals surface area contributed by atoms with Crippen LogP contribution in [0.3, 0.4) is 0 Å². The van der Waals surface area contributed by atoms with Crippen LogP contribution >= 0.6 is 15.9 Å². The summed E-state index contributed by atoms with van der Waals surface area (Å²) in [5, 5.41) is 0.877. The van der Waals surface area contributed by atoms with Crippen molar-refractivity contribution in [3.8, 4) is 11.5 Å². The van der Waals surface area contributed by atoms with Gasteiger partial charge in [-0.2, -0.15) is 0 Å². The minimum absolute atomic E-state index is 0.635. The standard InChI is InChI=1S/C14H10BrN3O/c15-9-6-10(8-17-7-9)19-13-4-5-18-14-11(13)2-1-3-12(14)16/h1-8H,16H2. The Labute approximate surface area is 118 Å². The number of anilines is 1. The molecule has 0 saturated heterocycles. The van der Waals surface area contributed by atoms with Gasteiger partial charge in [0.25, 0.3) is 0 Å². The Morgan fingerprint density at radius 1 is 1.16 bits per heavy atom. The lowest BCUT2D eigenvalue weighted by Gasteiger charge is -2.09. The average molecular weight is 316 g/mol. The smallest absolute Gasteiger partial charge is 0.146 e. The molecule has 94 valence electrons. The molecule has 2 N–H and O–H groups in total. The summed E-state index contributed by atoms with van der Waals surface area (Å²) in [7, 11) is 0. The fourth-order valence-corrected chi connectivity index (χ4v) is 2.18. The van der Waals surface area contributed by atoms with E-state index in [1.54, 1.807) is 18.6 Å². The molecule has 0 amide bonds. The third kappa shape index (κ3) is 2.37. The summed E-state index contributed by atoms with van der Waals surface area (Å²) in [6, 6.07) is 9.29. The highest BCUT2D eigenvalue weighted by molar-refractivity contribution is 9.10. The fraction of sp³-hybridized carbons (Fsp3) is 0. The lowest BCUT2D eigenvalue weighted by atomic mass is 10.2. The van der Waals surface area contributed by atoms with Crippen LogP contribution in [-0.4, -0.2) is 9.97 Å². The van der Waals surface area contributed by atoms with Crippen molar-refractivity contribution in [1.29, 1.82) is 0 Å². The van der Waals surface area contributed by atoms with Gasteiger partial charge in [0, 0.05) is 22.3 Å². The minimum Gasteiger partial charge on any atom is -0.455 e. The summed E-state index contributed by atoms with van der Waals surface area (Å²) in [6.07, 6.45) is 5.04. The van der Waals surface area contributed by atoms with Crippen molar-refractivity contribution in [3.05, 3.63) is 53.4 Å². The lowest BCUT2D eigenvalue weighted by molar-refractivity contribution is 0.485. The van der Waals surface area contributed by atoms with Crippen molar-refractivity contribution >= 4 is 32.5 Å². The van der Waals surface area contributed by atoms with E-state index < -0.39 is 0 Å². The monoisotopic (exact) mass is 315 g/mol. The predicted molar refractivity (Wildman–Crippen MR) is 78.2 cm³/mol. The highest BCUT2D eigenvalue weighted by Crippen LogP contribution is 2.31. The molecule has 0 aliphatic heterocycles. The topological polar surface area (TPSA) is 61.0 Å². The van der Waals surface area contributed by atoms with Gasteiger partial charge in [-0.1, -0.05) is 6.07 Å². The van der Waals surface area contributed by atoms with Crippen LogP contribution in [0.15, 0.2) is 53.4 Å². The van der Waals surface area contributed by atoms with Gasteiger partial charge < -0.3 is 10.5 Å². The van der Waals surface area contributed by atoms with Gasteiger partial charge in [-0.3, -0.25) is 9.97 Å². The van der Waals surface area contributed by atoms with Gasteiger partial charge in [0.1, 0.15) is 11.5 Å². The Bertz CT molecular complexity index is 746. The van der Waals surface area contributed by atoms with E-state index in [2.05, 4.69) is 25.9 Å². The zero-order valence-electron chi connectivity index (χ0n) is 9.88. The van der Waals surface area contributed by atoms with E-state index in [4.69, 9.17) is 10.5 Å². The zero-order valence-corrected chi connectivity index (χ0v) is 11.5. The van der Waals surface area contributed by atoms with Crippen LogP contribution in [0.4, 0.5) is 5.69 Å². The molecule has 0 aliphatic rings. The van der Waals surface area contributed by atoms with Crippen LogP contribution < -0.4 is 10.5 Å². The van der Waals surface area contributed by atoms with Crippen molar-refractivity contribution in [3.63, 3.8) is 0 Å². The SMILES string of the molecule is Nc1cccc2c(Oc3cncc(Br)c3)ccnc12. The maximum absolute atomic E-state index is 5.90. The van der Waals surface area contributed by atoms with Gasteiger partial charge in [-0.15, -0.1) is 0 Å². The van der Waals surface area contributed by atoms with Crippen molar-refractivity contribution < 1.29 is 4.74 Å². The Hall–Kier alpha value is -2.14. The second-order valence-corrected chi connectivity index (χ2v) is 4.91. The van der Waals surface area contributed by atoms with Crippen molar-refractivity contribution in [2.75, 3.05) is 5.73 Å². The molecule has 0 unspecified atom stereocenters. The lowest BCUT2D eigenvalue weighted by Crippen LogP contribution is -1.92. The number of fused-ring (bicyclic) bond motifs is 1. The quantitative estimate of drug-likeness (QED) is 0.731. The molecule has 0 saturated carbocycles. The number of halogens is 1. The molecular formula is C14H10BrN3O. The van der Waals surface area contributed by atoms with Crippen LogP contribution in [0.5, 0.6) is 11.5 Å². The molecule has 0 aliphatic carbocycles. The highest BCUT2D eigenvalue weighted by atomic mass is 79.9. The minimum atomic E-state index is 0.635. The van der Waals surface area contributed by atoms with E-state index in [1.807, 2.05) is 30.3 Å². The highest BCUT2D eigenvalue weighted by Gasteiger charge is 2.06. The molecular weight excluding hydrogens is 306 g/mol. The maximum Gasteiger partial charge on any atom is 0.146 e. The summed E-state index contributed by atoms with van der Waals surface area (Å²) in [5.41, 5.74) is 7.28. The van der Waals surface area contributed by atoms with Gasteiger partial charge in [0.2, 0.25) is 0 Å². The largest absolute Gasteiger partial charge is 0.455 e. The number of pyridine rings is 2. The van der Waals surface area contributed by atoms with Crippen LogP contribution in [0.1, 0.15) is 0 Å². The molecule has 0 bridgehead atoms. The molecule has 2 aromatic heterocycles. The van der Waals surface area contributed by atoms with Crippen LogP contribution in [0.2, 0.25) is 0 Å². The van der Waals surface area contributed by atoms with E-state index in [-0.39, 0.29) is 0 Å². The van der Waals surface area contributed by atoms with Crippen LogP contribution in [0, 0.1) is 0 Å². The van der Waals surface area contributed by atoms with Crippen molar-refractivity contribution in [2.24, 2.45) is 0 Å². The van der Waals surface area contributed by atoms with Gasteiger partial charge in [0.15, 0.2) is 0 Å². The Morgan fingerprint density at radius 3 is 2.89 bits per heavy atom. The number of nitrogens with two attached hydrogens (primary N) is 1. The fourth-order valence-electron chi connectivity index (χ4n) is 1.84. The second kappa shape index (κ2) is 4.85. The zero-order chi connectivity index (χ0) is 13.2. The molecule has 5 heteroatoms. The first-order valence-corrected chi connectivity index (χ1v) is 6.45. The second-order valence-electron chi connectivity index (χ2n) is 3.99. The van der Waals surface area contributed by atoms with E-state index >= 15 is 0 Å². The molecule has 0 atom stereocenters. The normalized spacial score (nSPS) is 10.6. The van der Waals surface area contributed by atoms with E-state index in [0.29, 0.717) is 17.2 Å². The molecule has 4 nitrogen and oxygen atoms in total. The number of ether oxygens (including phenoxy) is 1. The molecule has 2 heterocycles. The number of aromatic nitrogens is 2. The molecule has 0 spiro atoms. The Kier molecular flexibility index (Phi) is 3.05. The summed E-state index contributed by atoms with van der Waals surface area (Å²) >= 11 is 3.36. The van der Waals surface area contributed by atoms with Crippen LogP contribution in [0.25, 0.3) is 10.9 Å². The first-order chi connectivity index (χ1) is 9.24. The van der Waals surface area contributed by atoms with E-state index in [0.717, 1.165) is 15.4 Å². The predicted octanol–water partition coefficient (Wildman–Crippen LogP) is 3.77. The van der Waals surface area contributed by atoms with E-state index in [1.165, 1.54) is 0 Å². The molecule has 0 radical (unpaired) electrons. The van der Waals surface area contributed by atoms with Gasteiger partial charge in [-0.25, -0.2) is 0 Å². The summed E-state index contributed by atoms with van der Waals surface area (Å²) < 4.78 is 6.70. The van der Waals surface area contributed by atoms with E-state index in [9.17, 15) is 0 Å². The van der Waals surface area contributed by atoms with Gasteiger partial charge >= 0.3 is 0 Å². The first-order valence-electron chi connectivity index (χ1n) is 5.65. The number of para-hydroxylation sites is 1. The average Bonchev–Trinajstić information content (AvgIpc) is 2.40. The number of rotatable bonds is 2. The van der Waals surface area contributed by atoms with Crippen molar-refractivity contribution in [2.45, 2.75) is 0 Å². The summed E-state index contributed by atoms with van der Waals surface area (Å²) in [6.45, 7) is 0. The summed E-state index contributed by atoms with van der Waals surface area (Å²) in [5.74, 6) is 1.36. The third-order valence-corrected chi connectivity index (χ3v) is 3.10.